The van der Waals surface area contributed by atoms with Crippen LogP contribution in [0.15, 0.2) is 55.0 Å². The zero-order chi connectivity index (χ0) is 20.9. The van der Waals surface area contributed by atoms with Crippen LogP contribution in [0.1, 0.15) is 28.5 Å². The number of hydrogen-bond donors (Lipinski definition) is 0. The number of ether oxygens (including phenoxy) is 1. The van der Waals surface area contributed by atoms with Crippen LogP contribution in [-0.2, 0) is 17.7 Å². The van der Waals surface area contributed by atoms with Crippen LogP contribution in [-0.4, -0.2) is 53.6 Å². The van der Waals surface area contributed by atoms with Gasteiger partial charge in [-0.1, -0.05) is 18.2 Å². The molecule has 0 aliphatic carbocycles. The smallest absolute Gasteiger partial charge is 0.224 e. The van der Waals surface area contributed by atoms with Gasteiger partial charge < -0.3 is 9.64 Å². The maximum absolute atomic E-state index is 13.1. The highest BCUT2D eigenvalue weighted by atomic mass is 19.1. The first-order valence-electron chi connectivity index (χ1n) is 10.1. The zero-order valence-electron chi connectivity index (χ0n) is 17.3. The third-order valence-electron chi connectivity index (χ3n) is 5.15. The van der Waals surface area contributed by atoms with Gasteiger partial charge in [0.2, 0.25) is 5.95 Å². The third-order valence-corrected chi connectivity index (χ3v) is 5.15. The van der Waals surface area contributed by atoms with Gasteiger partial charge in [0.05, 0.1) is 12.3 Å². The van der Waals surface area contributed by atoms with E-state index < -0.39 is 0 Å². The van der Waals surface area contributed by atoms with E-state index in [0.717, 1.165) is 48.4 Å². The molecule has 156 valence electrons. The highest BCUT2D eigenvalue weighted by Gasteiger charge is 2.23. The van der Waals surface area contributed by atoms with Crippen LogP contribution in [0.5, 0.6) is 0 Å². The summed E-state index contributed by atoms with van der Waals surface area (Å²) in [5.74, 6) is 0.495. The lowest BCUT2D eigenvalue weighted by molar-refractivity contribution is -0.0350. The number of anilines is 1. The van der Waals surface area contributed by atoms with E-state index in [-0.39, 0.29) is 11.9 Å². The minimum atomic E-state index is -0.216. The quantitative estimate of drug-likeness (QED) is 0.625. The number of morpholine rings is 1. The number of benzene rings is 1. The molecule has 1 unspecified atom stereocenters. The van der Waals surface area contributed by atoms with Crippen molar-refractivity contribution in [1.29, 1.82) is 0 Å². The van der Waals surface area contributed by atoms with Crippen molar-refractivity contribution >= 4 is 5.95 Å². The van der Waals surface area contributed by atoms with Gasteiger partial charge in [-0.3, -0.25) is 9.88 Å². The van der Waals surface area contributed by atoms with Gasteiger partial charge >= 0.3 is 0 Å². The highest BCUT2D eigenvalue weighted by Crippen LogP contribution is 2.22. The van der Waals surface area contributed by atoms with Crippen molar-refractivity contribution in [2.75, 3.05) is 38.7 Å². The van der Waals surface area contributed by atoms with Crippen LogP contribution in [0.2, 0.25) is 0 Å². The Bertz CT molecular complexity index is 945. The number of aromatic nitrogens is 3. The normalized spacial score (nSPS) is 17.1. The second-order valence-electron chi connectivity index (χ2n) is 7.77. The summed E-state index contributed by atoms with van der Waals surface area (Å²) < 4.78 is 19.0. The van der Waals surface area contributed by atoms with Gasteiger partial charge in [0.1, 0.15) is 11.9 Å². The molecule has 1 saturated heterocycles. The molecule has 6 nitrogen and oxygen atoms in total. The van der Waals surface area contributed by atoms with Crippen LogP contribution < -0.4 is 4.90 Å². The first kappa shape index (κ1) is 20.4. The van der Waals surface area contributed by atoms with Crippen molar-refractivity contribution in [2.24, 2.45) is 0 Å². The maximum Gasteiger partial charge on any atom is 0.224 e. The fourth-order valence-electron chi connectivity index (χ4n) is 3.51. The summed E-state index contributed by atoms with van der Waals surface area (Å²) in [7, 11) is 3.86. The van der Waals surface area contributed by atoms with Crippen molar-refractivity contribution in [3.05, 3.63) is 83.2 Å². The van der Waals surface area contributed by atoms with Crippen LogP contribution in [0.3, 0.4) is 0 Å². The van der Waals surface area contributed by atoms with Crippen LogP contribution in [0.25, 0.3) is 0 Å². The molecule has 1 fully saturated rings. The Balaban J connectivity index is 1.36. The zero-order valence-corrected chi connectivity index (χ0v) is 17.3. The van der Waals surface area contributed by atoms with Crippen molar-refractivity contribution in [3.63, 3.8) is 0 Å². The molecular formula is C23H26FN5O. The van der Waals surface area contributed by atoms with Crippen molar-refractivity contribution < 1.29 is 9.13 Å². The van der Waals surface area contributed by atoms with Gasteiger partial charge in [0.25, 0.3) is 0 Å². The molecule has 3 heterocycles. The molecule has 7 heteroatoms. The molecular weight excluding hydrogens is 381 g/mol. The molecule has 2 aromatic heterocycles. The van der Waals surface area contributed by atoms with Gasteiger partial charge in [-0.15, -0.1) is 0 Å². The second-order valence-corrected chi connectivity index (χ2v) is 7.77. The Morgan fingerprint density at radius 1 is 0.967 bits per heavy atom. The summed E-state index contributed by atoms with van der Waals surface area (Å²) in [5, 5.41) is 0. The monoisotopic (exact) mass is 407 g/mol. The Labute approximate surface area is 176 Å². The van der Waals surface area contributed by atoms with Crippen LogP contribution in [0, 0.1) is 5.82 Å². The molecule has 1 aliphatic heterocycles. The summed E-state index contributed by atoms with van der Waals surface area (Å²) in [4.78, 5) is 17.7. The number of nitrogens with zero attached hydrogens (tertiary/aromatic N) is 5. The SMILES string of the molecule is CN(C)c1ncc(CN2CCOC(c3ccc(Cc4ccc(F)cc4)cn3)C2)cn1. The standard InChI is InChI=1S/C23H26FN5O/c1-28(2)23-26-13-19(14-27-23)15-29-9-10-30-22(16-29)21-8-5-18(12-25-21)11-17-3-6-20(24)7-4-17/h3-8,12-14,22H,9-11,15-16H2,1-2H3. The largest absolute Gasteiger partial charge is 0.369 e. The first-order chi connectivity index (χ1) is 14.6. The molecule has 1 aromatic carbocycles. The Morgan fingerprint density at radius 2 is 1.67 bits per heavy atom. The molecule has 3 aromatic rings. The number of rotatable bonds is 6. The highest BCUT2D eigenvalue weighted by molar-refractivity contribution is 5.27. The number of hydrogen-bond acceptors (Lipinski definition) is 6. The Hall–Kier alpha value is -2.90. The van der Waals surface area contributed by atoms with E-state index in [9.17, 15) is 4.39 Å². The molecule has 4 rings (SSSR count). The molecule has 1 aliphatic rings. The van der Waals surface area contributed by atoms with Gasteiger partial charge in [-0.2, -0.15) is 0 Å². The van der Waals surface area contributed by atoms with Crippen molar-refractivity contribution in [1.82, 2.24) is 19.9 Å². The van der Waals surface area contributed by atoms with Gasteiger partial charge in [0, 0.05) is 57.9 Å². The van der Waals surface area contributed by atoms with Crippen molar-refractivity contribution in [3.8, 4) is 0 Å². The predicted octanol–water partition coefficient (Wildman–Crippen LogP) is 3.24. The molecule has 30 heavy (non-hydrogen) atoms. The predicted molar refractivity (Wildman–Crippen MR) is 114 cm³/mol. The lowest BCUT2D eigenvalue weighted by Crippen LogP contribution is -2.38. The maximum atomic E-state index is 13.1. The van der Waals surface area contributed by atoms with Gasteiger partial charge in [-0.25, -0.2) is 14.4 Å². The Kier molecular flexibility index (Phi) is 6.30. The van der Waals surface area contributed by atoms with E-state index in [1.54, 1.807) is 12.1 Å². The summed E-state index contributed by atoms with van der Waals surface area (Å²) in [5.41, 5.74) is 4.18. The lowest BCUT2D eigenvalue weighted by atomic mass is 10.1. The number of halogens is 1. The summed E-state index contributed by atoms with van der Waals surface area (Å²) in [6, 6.07) is 10.7. The van der Waals surface area contributed by atoms with E-state index in [4.69, 9.17) is 4.74 Å². The van der Waals surface area contributed by atoms with Crippen LogP contribution >= 0.6 is 0 Å². The third kappa shape index (κ3) is 5.17. The molecule has 0 radical (unpaired) electrons. The average Bonchev–Trinajstić information content (AvgIpc) is 2.76. The van der Waals surface area contributed by atoms with E-state index in [2.05, 4.69) is 25.9 Å². The summed E-state index contributed by atoms with van der Waals surface area (Å²) in [6.07, 6.45) is 6.33. The second kappa shape index (κ2) is 9.28. The first-order valence-corrected chi connectivity index (χ1v) is 10.1. The number of pyridine rings is 1. The molecule has 0 bridgehead atoms. The minimum Gasteiger partial charge on any atom is -0.369 e. The molecule has 0 saturated carbocycles. The minimum absolute atomic E-state index is 0.0550. The van der Waals surface area contributed by atoms with E-state index in [1.807, 2.05) is 43.7 Å². The Morgan fingerprint density at radius 3 is 2.33 bits per heavy atom. The summed E-state index contributed by atoms with van der Waals surface area (Å²) >= 11 is 0. The van der Waals surface area contributed by atoms with Gasteiger partial charge in [-0.05, 0) is 35.7 Å². The fourth-order valence-corrected chi connectivity index (χ4v) is 3.51. The topological polar surface area (TPSA) is 54.4 Å². The molecule has 0 amide bonds. The lowest BCUT2D eigenvalue weighted by Gasteiger charge is -2.32. The summed E-state index contributed by atoms with van der Waals surface area (Å²) in [6.45, 7) is 3.10. The molecule has 0 N–H and O–H groups in total. The molecule has 1 atom stereocenters. The van der Waals surface area contributed by atoms with E-state index >= 15 is 0 Å². The van der Waals surface area contributed by atoms with E-state index in [0.29, 0.717) is 12.6 Å². The fraction of sp³-hybridized carbons (Fsp3) is 0.348. The van der Waals surface area contributed by atoms with Gasteiger partial charge in [0.15, 0.2) is 0 Å². The van der Waals surface area contributed by atoms with Crippen LogP contribution in [0.4, 0.5) is 10.3 Å². The van der Waals surface area contributed by atoms with Crippen molar-refractivity contribution in [2.45, 2.75) is 19.1 Å². The van der Waals surface area contributed by atoms with E-state index in [1.165, 1.54) is 12.1 Å². The molecule has 0 spiro atoms. The average molecular weight is 407 g/mol.